The fraction of sp³-hybridized carbons (Fsp3) is 1.00. The minimum absolute atomic E-state index is 0. The van der Waals surface area contributed by atoms with E-state index in [1.54, 1.807) is 0 Å². The second-order valence-electron chi connectivity index (χ2n) is 1.65. The summed E-state index contributed by atoms with van der Waals surface area (Å²) < 4.78 is 0. The average Bonchev–Trinajstić information content (AvgIpc) is 1.67. The molecular formula is C4H13NO4. The first-order valence-corrected chi connectivity index (χ1v) is 2.32. The maximum atomic E-state index is 8.59. The van der Waals surface area contributed by atoms with E-state index in [0.29, 0.717) is 0 Å². The highest BCUT2D eigenvalue weighted by Gasteiger charge is 2.26. The van der Waals surface area contributed by atoms with Crippen LogP contribution in [-0.2, 0) is 0 Å². The number of hydrogen-bond donors (Lipinski definition) is 4. The number of nitrogens with one attached hydrogen (secondary N) is 1. The molecule has 0 aromatic rings. The molecule has 0 rings (SSSR count). The topological polar surface area (TPSA) is 104 Å². The number of likely N-dealkylation sites (N-methyl/N-ethyl adjacent to an activating group) is 1. The van der Waals surface area contributed by atoms with Gasteiger partial charge in [0.2, 0.25) is 5.91 Å². The molecule has 9 heavy (non-hydrogen) atoms. The largest absolute Gasteiger partial charge is 0.412 e. The van der Waals surface area contributed by atoms with Gasteiger partial charge in [-0.15, -0.1) is 0 Å². The smallest absolute Gasteiger partial charge is 0.249 e. The molecule has 0 aromatic heterocycles. The van der Waals surface area contributed by atoms with Crippen molar-refractivity contribution in [3.63, 3.8) is 0 Å². The Morgan fingerprint density at radius 2 is 1.78 bits per heavy atom. The molecule has 0 aliphatic carbocycles. The van der Waals surface area contributed by atoms with Gasteiger partial charge >= 0.3 is 0 Å². The minimum atomic E-state index is -2.15. The summed E-state index contributed by atoms with van der Waals surface area (Å²) in [6.45, 7) is 1.27. The second kappa shape index (κ2) is 3.76. The van der Waals surface area contributed by atoms with Crippen molar-refractivity contribution in [2.45, 2.75) is 18.9 Å². The highest BCUT2D eigenvalue weighted by molar-refractivity contribution is 4.63. The lowest BCUT2D eigenvalue weighted by Gasteiger charge is -2.22. The van der Waals surface area contributed by atoms with E-state index in [1.807, 2.05) is 0 Å². The molecule has 5 heteroatoms. The number of aliphatic hydroxyl groups excluding tert-OH is 1. The Kier molecular flexibility index (Phi) is 4.83. The number of hydrogen-bond acceptors (Lipinski definition) is 4. The third-order valence-electron chi connectivity index (χ3n) is 0.951. The molecule has 1 unspecified atom stereocenters. The Morgan fingerprint density at radius 1 is 1.44 bits per heavy atom. The van der Waals surface area contributed by atoms with E-state index in [0.717, 1.165) is 0 Å². The molecule has 0 aliphatic heterocycles. The Morgan fingerprint density at radius 3 is 1.78 bits per heavy atom. The van der Waals surface area contributed by atoms with Gasteiger partial charge in [0.15, 0.2) is 0 Å². The fourth-order valence-electron chi connectivity index (χ4n) is 0.209. The molecule has 6 N–H and O–H groups in total. The summed E-state index contributed by atoms with van der Waals surface area (Å²) in [5.74, 6) is -2.15. The van der Waals surface area contributed by atoms with Crippen molar-refractivity contribution < 1.29 is 20.8 Å². The minimum Gasteiger partial charge on any atom is -0.412 e. The van der Waals surface area contributed by atoms with Crippen molar-refractivity contribution in [3.05, 3.63) is 0 Å². The molecule has 0 spiro atoms. The van der Waals surface area contributed by atoms with Gasteiger partial charge < -0.3 is 20.8 Å². The van der Waals surface area contributed by atoms with Crippen molar-refractivity contribution in [2.75, 3.05) is 7.05 Å². The summed E-state index contributed by atoms with van der Waals surface area (Å²) in [5.41, 5.74) is 0. The van der Waals surface area contributed by atoms with Gasteiger partial charge in [-0.25, -0.2) is 0 Å². The summed E-state index contributed by atoms with van der Waals surface area (Å²) in [4.78, 5) is 0. The van der Waals surface area contributed by atoms with Crippen LogP contribution in [0, 0.1) is 0 Å². The Hall–Kier alpha value is -0.200. The van der Waals surface area contributed by atoms with E-state index in [4.69, 9.17) is 15.3 Å². The lowest BCUT2D eigenvalue weighted by molar-refractivity contribution is -0.236. The van der Waals surface area contributed by atoms with E-state index >= 15 is 0 Å². The predicted octanol–water partition coefficient (Wildman–Crippen LogP) is -2.60. The molecule has 0 saturated heterocycles. The summed E-state index contributed by atoms with van der Waals surface area (Å²) in [6.07, 6.45) is -1.19. The molecule has 0 bridgehead atoms. The van der Waals surface area contributed by atoms with Crippen LogP contribution in [0.1, 0.15) is 6.92 Å². The number of rotatable bonds is 2. The number of aliphatic hydroxyl groups is 3. The Balaban J connectivity index is 0. The first-order valence-electron chi connectivity index (χ1n) is 2.32. The van der Waals surface area contributed by atoms with Crippen LogP contribution in [-0.4, -0.2) is 39.9 Å². The van der Waals surface area contributed by atoms with Crippen LogP contribution in [0.25, 0.3) is 0 Å². The van der Waals surface area contributed by atoms with E-state index in [2.05, 4.69) is 5.32 Å². The lowest BCUT2D eigenvalue weighted by Crippen LogP contribution is -2.51. The maximum absolute atomic E-state index is 8.59. The van der Waals surface area contributed by atoms with E-state index < -0.39 is 12.0 Å². The van der Waals surface area contributed by atoms with Gasteiger partial charge in [-0.2, -0.15) is 0 Å². The normalized spacial score (nSPS) is 14.3. The fourth-order valence-corrected chi connectivity index (χ4v) is 0.209. The van der Waals surface area contributed by atoms with Crippen molar-refractivity contribution in [3.8, 4) is 0 Å². The zero-order valence-corrected chi connectivity index (χ0v) is 5.42. The van der Waals surface area contributed by atoms with Gasteiger partial charge in [0, 0.05) is 0 Å². The van der Waals surface area contributed by atoms with Gasteiger partial charge in [-0.05, 0) is 14.0 Å². The SMILES string of the molecule is CNC(O)(O)C(C)O.O. The molecule has 1 atom stereocenters. The van der Waals surface area contributed by atoms with Crippen LogP contribution in [0.15, 0.2) is 0 Å². The van der Waals surface area contributed by atoms with Gasteiger partial charge in [-0.3, -0.25) is 5.32 Å². The average molecular weight is 139 g/mol. The summed E-state index contributed by atoms with van der Waals surface area (Å²) in [6, 6.07) is 0. The summed E-state index contributed by atoms with van der Waals surface area (Å²) in [5, 5.41) is 27.8. The molecule has 0 saturated carbocycles. The molecule has 58 valence electrons. The Labute approximate surface area is 53.2 Å². The van der Waals surface area contributed by atoms with Gasteiger partial charge in [0.05, 0.1) is 0 Å². The highest BCUT2D eigenvalue weighted by atomic mass is 16.5. The molecule has 0 fully saturated rings. The van der Waals surface area contributed by atoms with Crippen LogP contribution in [0.4, 0.5) is 0 Å². The van der Waals surface area contributed by atoms with Crippen LogP contribution >= 0.6 is 0 Å². The van der Waals surface area contributed by atoms with E-state index in [1.165, 1.54) is 14.0 Å². The van der Waals surface area contributed by atoms with Crippen LogP contribution in [0.3, 0.4) is 0 Å². The first kappa shape index (κ1) is 11.6. The van der Waals surface area contributed by atoms with Crippen molar-refractivity contribution in [2.24, 2.45) is 0 Å². The molecule has 0 aromatic carbocycles. The quantitative estimate of drug-likeness (QED) is 0.315. The third kappa shape index (κ3) is 3.39. The van der Waals surface area contributed by atoms with Gasteiger partial charge in [-0.1, -0.05) is 0 Å². The summed E-state index contributed by atoms with van der Waals surface area (Å²) >= 11 is 0. The van der Waals surface area contributed by atoms with Gasteiger partial charge in [0.25, 0.3) is 0 Å². The predicted molar refractivity (Wildman–Crippen MR) is 31.5 cm³/mol. The highest BCUT2D eigenvalue weighted by Crippen LogP contribution is 1.98. The molecule has 0 heterocycles. The van der Waals surface area contributed by atoms with Gasteiger partial charge in [0.1, 0.15) is 6.10 Å². The monoisotopic (exact) mass is 139 g/mol. The molecule has 5 nitrogen and oxygen atoms in total. The van der Waals surface area contributed by atoms with Crippen LogP contribution in [0.2, 0.25) is 0 Å². The molecule has 0 radical (unpaired) electrons. The van der Waals surface area contributed by atoms with Crippen molar-refractivity contribution in [1.29, 1.82) is 0 Å². The lowest BCUT2D eigenvalue weighted by atomic mass is 10.3. The zero-order valence-electron chi connectivity index (χ0n) is 5.42. The van der Waals surface area contributed by atoms with E-state index in [-0.39, 0.29) is 5.48 Å². The van der Waals surface area contributed by atoms with Crippen molar-refractivity contribution in [1.82, 2.24) is 5.32 Å². The third-order valence-corrected chi connectivity index (χ3v) is 0.951. The molecule has 0 amide bonds. The summed E-state index contributed by atoms with van der Waals surface area (Å²) in [7, 11) is 1.34. The first-order chi connectivity index (χ1) is 3.50. The van der Waals surface area contributed by atoms with Crippen molar-refractivity contribution >= 4 is 0 Å². The zero-order chi connectivity index (χ0) is 6.78. The maximum Gasteiger partial charge on any atom is 0.249 e. The standard InChI is InChI=1S/C4H11NO3.H2O/c1-3(6)4(7,8)5-2;/h3,5-8H,1-2H3;1H2. The Bertz CT molecular complexity index is 73.0. The second-order valence-corrected chi connectivity index (χ2v) is 1.65. The molecular weight excluding hydrogens is 126 g/mol. The molecule has 0 aliphatic rings. The van der Waals surface area contributed by atoms with E-state index in [9.17, 15) is 0 Å². The van der Waals surface area contributed by atoms with Crippen LogP contribution in [0.5, 0.6) is 0 Å². The van der Waals surface area contributed by atoms with Crippen LogP contribution < -0.4 is 5.32 Å².